The maximum absolute atomic E-state index is 9.88. The van der Waals surface area contributed by atoms with E-state index in [1.54, 1.807) is 6.07 Å². The topological polar surface area (TPSA) is 68.4 Å². The Morgan fingerprint density at radius 1 is 1.62 bits per heavy atom. The molecule has 1 fully saturated rings. The van der Waals surface area contributed by atoms with Crippen LogP contribution in [0, 0.1) is 0 Å². The van der Waals surface area contributed by atoms with Gasteiger partial charge in [-0.05, 0) is 6.07 Å². The van der Waals surface area contributed by atoms with E-state index in [2.05, 4.69) is 4.98 Å². The Labute approximate surface area is 80.3 Å². The second-order valence-corrected chi connectivity index (χ2v) is 3.55. The Balaban J connectivity index is 2.43. The highest BCUT2D eigenvalue weighted by Gasteiger charge is 2.40. The van der Waals surface area contributed by atoms with E-state index in [1.807, 2.05) is 0 Å². The molecule has 0 radical (unpaired) electrons. The summed E-state index contributed by atoms with van der Waals surface area (Å²) in [5.41, 5.74) is 5.15. The first-order valence-corrected chi connectivity index (χ1v) is 4.21. The van der Waals surface area contributed by atoms with Crippen molar-refractivity contribution in [3.63, 3.8) is 0 Å². The van der Waals surface area contributed by atoms with Gasteiger partial charge in [0.25, 0.3) is 0 Å². The van der Waals surface area contributed by atoms with Gasteiger partial charge in [0, 0.05) is 11.8 Å². The summed E-state index contributed by atoms with van der Waals surface area (Å²) in [6.45, 7) is 0.498. The first-order chi connectivity index (χ1) is 6.12. The van der Waals surface area contributed by atoms with Crippen LogP contribution >= 0.6 is 11.6 Å². The predicted octanol–water partition coefficient (Wildman–Crippen LogP) is 0.535. The Morgan fingerprint density at radius 2 is 2.31 bits per heavy atom. The zero-order valence-corrected chi connectivity index (χ0v) is 7.58. The van der Waals surface area contributed by atoms with E-state index in [9.17, 15) is 5.11 Å². The second-order valence-electron chi connectivity index (χ2n) is 3.11. The zero-order chi connectivity index (χ0) is 9.47. The third kappa shape index (κ3) is 1.37. The van der Waals surface area contributed by atoms with Crippen LogP contribution in [0.1, 0.15) is 5.56 Å². The van der Waals surface area contributed by atoms with Crippen LogP contribution in [0.3, 0.4) is 0 Å². The third-order valence-corrected chi connectivity index (χ3v) is 2.27. The molecule has 2 heterocycles. The number of anilines is 1. The highest BCUT2D eigenvalue weighted by atomic mass is 35.5. The molecule has 5 heteroatoms. The molecule has 1 aliphatic rings. The number of hydrogen-bond acceptors (Lipinski definition) is 4. The fourth-order valence-electron chi connectivity index (χ4n) is 1.27. The molecule has 0 saturated carbocycles. The van der Waals surface area contributed by atoms with Gasteiger partial charge < -0.3 is 15.6 Å². The molecule has 3 N–H and O–H groups in total. The summed E-state index contributed by atoms with van der Waals surface area (Å²) in [5, 5.41) is 10.3. The van der Waals surface area contributed by atoms with E-state index in [4.69, 9.17) is 22.1 Å². The first kappa shape index (κ1) is 8.74. The summed E-state index contributed by atoms with van der Waals surface area (Å²) >= 11 is 5.73. The third-order valence-electron chi connectivity index (χ3n) is 2.07. The van der Waals surface area contributed by atoms with Gasteiger partial charge in [0.15, 0.2) is 0 Å². The van der Waals surface area contributed by atoms with Crippen molar-refractivity contribution in [3.8, 4) is 0 Å². The van der Waals surface area contributed by atoms with E-state index >= 15 is 0 Å². The number of rotatable bonds is 1. The van der Waals surface area contributed by atoms with Gasteiger partial charge in [0.05, 0.1) is 18.2 Å². The molecule has 0 bridgehead atoms. The number of hydrogen-bond donors (Lipinski definition) is 2. The Bertz CT molecular complexity index is 339. The van der Waals surface area contributed by atoms with Gasteiger partial charge in [-0.2, -0.15) is 0 Å². The van der Waals surface area contributed by atoms with Gasteiger partial charge >= 0.3 is 0 Å². The van der Waals surface area contributed by atoms with Crippen molar-refractivity contribution in [1.29, 1.82) is 0 Å². The lowest BCUT2D eigenvalue weighted by Gasteiger charge is -2.37. The first-order valence-electron chi connectivity index (χ1n) is 3.83. The van der Waals surface area contributed by atoms with E-state index in [0.29, 0.717) is 16.4 Å². The molecule has 0 atom stereocenters. The number of ether oxygens (including phenoxy) is 1. The van der Waals surface area contributed by atoms with Crippen molar-refractivity contribution in [3.05, 3.63) is 22.8 Å². The zero-order valence-electron chi connectivity index (χ0n) is 6.83. The van der Waals surface area contributed by atoms with Crippen LogP contribution in [0.2, 0.25) is 5.02 Å². The molecular formula is C8H9ClN2O2. The van der Waals surface area contributed by atoms with Crippen molar-refractivity contribution in [2.75, 3.05) is 18.9 Å². The average molecular weight is 201 g/mol. The van der Waals surface area contributed by atoms with Crippen LogP contribution in [0.4, 0.5) is 5.82 Å². The standard InChI is InChI=1S/C8H9ClN2O2/c9-5-1-6(7(10)11-2-5)8(12)3-13-4-8/h1-2,12H,3-4H2,(H2,10,11). The second kappa shape index (κ2) is 2.83. The number of nitrogens with two attached hydrogens (primary N) is 1. The van der Waals surface area contributed by atoms with Gasteiger partial charge in [-0.3, -0.25) is 0 Å². The van der Waals surface area contributed by atoms with E-state index in [-0.39, 0.29) is 13.2 Å². The molecule has 1 aliphatic heterocycles. The molecular weight excluding hydrogens is 192 g/mol. The summed E-state index contributed by atoms with van der Waals surface area (Å²) in [6.07, 6.45) is 1.45. The summed E-state index contributed by atoms with van der Waals surface area (Å²) in [7, 11) is 0. The van der Waals surface area contributed by atoms with Crippen LogP contribution in [0.5, 0.6) is 0 Å². The highest BCUT2D eigenvalue weighted by Crippen LogP contribution is 2.33. The van der Waals surface area contributed by atoms with Crippen LogP contribution in [-0.4, -0.2) is 23.3 Å². The summed E-state index contributed by atoms with van der Waals surface area (Å²) in [4.78, 5) is 3.86. The fraction of sp³-hybridized carbons (Fsp3) is 0.375. The normalized spacial score (nSPS) is 19.5. The lowest BCUT2D eigenvalue weighted by atomic mass is 9.93. The SMILES string of the molecule is Nc1ncc(Cl)cc1C1(O)COC1. The minimum atomic E-state index is -0.998. The average Bonchev–Trinajstić information content (AvgIpc) is 2.05. The van der Waals surface area contributed by atoms with Crippen molar-refractivity contribution < 1.29 is 9.84 Å². The Kier molecular flexibility index (Phi) is 1.91. The molecule has 0 spiro atoms. The lowest BCUT2D eigenvalue weighted by molar-refractivity contribution is -0.184. The van der Waals surface area contributed by atoms with Crippen LogP contribution in [0.25, 0.3) is 0 Å². The number of halogens is 1. The molecule has 70 valence electrons. The highest BCUT2D eigenvalue weighted by molar-refractivity contribution is 6.30. The smallest absolute Gasteiger partial charge is 0.140 e. The van der Waals surface area contributed by atoms with Crippen molar-refractivity contribution in [2.45, 2.75) is 5.60 Å². The van der Waals surface area contributed by atoms with E-state index < -0.39 is 5.60 Å². The van der Waals surface area contributed by atoms with Crippen molar-refractivity contribution in [1.82, 2.24) is 4.98 Å². The summed E-state index contributed by atoms with van der Waals surface area (Å²) in [6, 6.07) is 1.62. The van der Waals surface area contributed by atoms with Gasteiger partial charge in [-0.1, -0.05) is 11.6 Å². The Morgan fingerprint density at radius 3 is 2.85 bits per heavy atom. The van der Waals surface area contributed by atoms with E-state index in [0.717, 1.165) is 0 Å². The lowest BCUT2D eigenvalue weighted by Crippen LogP contribution is -2.47. The maximum Gasteiger partial charge on any atom is 0.140 e. The van der Waals surface area contributed by atoms with Crippen molar-refractivity contribution >= 4 is 17.4 Å². The number of nitrogen functional groups attached to an aromatic ring is 1. The molecule has 0 aromatic carbocycles. The Hall–Kier alpha value is -0.840. The van der Waals surface area contributed by atoms with Crippen LogP contribution < -0.4 is 5.73 Å². The van der Waals surface area contributed by atoms with Crippen LogP contribution in [-0.2, 0) is 10.3 Å². The number of aromatic nitrogens is 1. The number of pyridine rings is 1. The molecule has 1 aromatic heterocycles. The van der Waals surface area contributed by atoms with Crippen molar-refractivity contribution in [2.24, 2.45) is 0 Å². The summed E-state index contributed by atoms with van der Waals surface area (Å²) in [5.74, 6) is 0.301. The molecule has 4 nitrogen and oxygen atoms in total. The number of aliphatic hydroxyl groups is 1. The minimum Gasteiger partial charge on any atom is -0.383 e. The minimum absolute atomic E-state index is 0.249. The summed E-state index contributed by atoms with van der Waals surface area (Å²) < 4.78 is 4.91. The molecule has 0 amide bonds. The molecule has 1 aromatic rings. The van der Waals surface area contributed by atoms with E-state index in [1.165, 1.54) is 6.20 Å². The molecule has 1 saturated heterocycles. The van der Waals surface area contributed by atoms with Gasteiger partial charge in [0.1, 0.15) is 11.4 Å². The van der Waals surface area contributed by atoms with Crippen LogP contribution in [0.15, 0.2) is 12.3 Å². The quantitative estimate of drug-likeness (QED) is 0.694. The molecule has 13 heavy (non-hydrogen) atoms. The number of nitrogens with zero attached hydrogens (tertiary/aromatic N) is 1. The largest absolute Gasteiger partial charge is 0.383 e. The van der Waals surface area contributed by atoms with Gasteiger partial charge in [-0.25, -0.2) is 4.98 Å². The maximum atomic E-state index is 9.88. The molecule has 0 unspecified atom stereocenters. The predicted molar refractivity (Wildman–Crippen MR) is 48.4 cm³/mol. The van der Waals surface area contributed by atoms with Gasteiger partial charge in [-0.15, -0.1) is 0 Å². The van der Waals surface area contributed by atoms with Gasteiger partial charge in [0.2, 0.25) is 0 Å². The monoisotopic (exact) mass is 200 g/mol. The molecule has 0 aliphatic carbocycles. The fourth-order valence-corrected chi connectivity index (χ4v) is 1.43. The molecule has 2 rings (SSSR count).